The average Bonchev–Trinajstić information content (AvgIpc) is 3.34. The number of benzene rings is 2. The van der Waals surface area contributed by atoms with Crippen molar-refractivity contribution in [1.82, 2.24) is 14.8 Å². The third kappa shape index (κ3) is 4.42. The number of nitrogens with zero attached hydrogens (tertiary/aromatic N) is 3. The first-order valence-corrected chi connectivity index (χ1v) is 12.1. The van der Waals surface area contributed by atoms with Crippen LogP contribution in [0, 0.1) is 0 Å². The number of aromatic nitrogens is 3. The number of nitrogens with one attached hydrogen (secondary N) is 1. The van der Waals surface area contributed by atoms with E-state index < -0.39 is 5.25 Å². The molecule has 4 aromatic rings. The minimum atomic E-state index is -0.472. The number of thiophene rings is 1. The molecule has 6 nitrogen and oxygen atoms in total. The van der Waals surface area contributed by atoms with Crippen LogP contribution in [-0.4, -0.2) is 27.8 Å². The van der Waals surface area contributed by atoms with Crippen LogP contribution < -0.4 is 10.1 Å². The molecule has 2 aromatic carbocycles. The number of methoxy groups -OCH3 is 1. The van der Waals surface area contributed by atoms with Gasteiger partial charge in [0, 0.05) is 17.8 Å². The third-order valence-corrected chi connectivity index (χ3v) is 7.30. The van der Waals surface area contributed by atoms with E-state index in [1.807, 2.05) is 66.0 Å². The molecule has 1 amide bonds. The minimum Gasteiger partial charge on any atom is -0.497 e. The SMILES string of the molecule is COc1cccc(NC(=O)[C@H](Sc2nnc(-c3cccs3)n2C2CC2)c2ccccc2)c1. The van der Waals surface area contributed by atoms with Crippen LogP contribution >= 0.6 is 23.1 Å². The molecule has 1 aliphatic carbocycles. The highest BCUT2D eigenvalue weighted by Crippen LogP contribution is 2.44. The van der Waals surface area contributed by atoms with Crippen LogP contribution in [0.4, 0.5) is 5.69 Å². The van der Waals surface area contributed by atoms with Crippen molar-refractivity contribution < 1.29 is 9.53 Å². The highest BCUT2D eigenvalue weighted by atomic mass is 32.2. The summed E-state index contributed by atoms with van der Waals surface area (Å²) in [7, 11) is 1.61. The topological polar surface area (TPSA) is 69.0 Å². The monoisotopic (exact) mass is 462 g/mol. The Bertz CT molecular complexity index is 1200. The first-order chi connectivity index (χ1) is 15.7. The largest absolute Gasteiger partial charge is 0.497 e. The van der Waals surface area contributed by atoms with Gasteiger partial charge in [-0.3, -0.25) is 9.36 Å². The Balaban J connectivity index is 1.47. The molecule has 162 valence electrons. The van der Waals surface area contributed by atoms with Gasteiger partial charge in [-0.25, -0.2) is 0 Å². The van der Waals surface area contributed by atoms with Crippen molar-refractivity contribution in [2.24, 2.45) is 0 Å². The summed E-state index contributed by atoms with van der Waals surface area (Å²) in [5.41, 5.74) is 1.61. The van der Waals surface area contributed by atoms with Crippen LogP contribution in [0.15, 0.2) is 77.3 Å². The smallest absolute Gasteiger partial charge is 0.242 e. The zero-order valence-corrected chi connectivity index (χ0v) is 19.1. The molecule has 5 rings (SSSR count). The molecule has 2 aromatic heterocycles. The lowest BCUT2D eigenvalue weighted by molar-refractivity contribution is -0.115. The van der Waals surface area contributed by atoms with Crippen LogP contribution in [0.2, 0.25) is 0 Å². The van der Waals surface area contributed by atoms with E-state index in [1.54, 1.807) is 18.4 Å². The van der Waals surface area contributed by atoms with Gasteiger partial charge in [0.2, 0.25) is 5.91 Å². The Kier molecular flexibility index (Phi) is 5.96. The molecule has 0 radical (unpaired) electrons. The van der Waals surface area contributed by atoms with Gasteiger partial charge >= 0.3 is 0 Å². The van der Waals surface area contributed by atoms with Crippen molar-refractivity contribution in [2.45, 2.75) is 29.3 Å². The van der Waals surface area contributed by atoms with Crippen molar-refractivity contribution >= 4 is 34.7 Å². The van der Waals surface area contributed by atoms with Crippen LogP contribution in [0.25, 0.3) is 10.7 Å². The van der Waals surface area contributed by atoms with Crippen molar-refractivity contribution in [3.8, 4) is 16.5 Å². The number of carbonyl (C=O) groups is 1. The van der Waals surface area contributed by atoms with Gasteiger partial charge in [0.1, 0.15) is 11.0 Å². The van der Waals surface area contributed by atoms with Gasteiger partial charge in [-0.15, -0.1) is 21.5 Å². The van der Waals surface area contributed by atoms with E-state index in [0.29, 0.717) is 17.5 Å². The summed E-state index contributed by atoms with van der Waals surface area (Å²) >= 11 is 3.09. The molecule has 0 aliphatic heterocycles. The van der Waals surface area contributed by atoms with Crippen molar-refractivity contribution in [3.05, 3.63) is 77.7 Å². The molecular formula is C24H22N4O2S2. The number of amides is 1. The average molecular weight is 463 g/mol. The number of rotatable bonds is 8. The molecule has 0 unspecified atom stereocenters. The van der Waals surface area contributed by atoms with Gasteiger partial charge in [0.05, 0.1) is 12.0 Å². The number of thioether (sulfide) groups is 1. The molecule has 8 heteroatoms. The van der Waals surface area contributed by atoms with Gasteiger partial charge in [0.15, 0.2) is 11.0 Å². The van der Waals surface area contributed by atoms with E-state index in [4.69, 9.17) is 4.74 Å². The molecule has 0 bridgehead atoms. The molecule has 32 heavy (non-hydrogen) atoms. The molecule has 1 N–H and O–H groups in total. The summed E-state index contributed by atoms with van der Waals surface area (Å²) in [6.07, 6.45) is 2.21. The predicted molar refractivity (Wildman–Crippen MR) is 128 cm³/mol. The third-order valence-electron chi connectivity index (χ3n) is 5.22. The van der Waals surface area contributed by atoms with Gasteiger partial charge in [-0.1, -0.05) is 54.2 Å². The summed E-state index contributed by atoms with van der Waals surface area (Å²) in [4.78, 5) is 14.5. The lowest BCUT2D eigenvalue weighted by Crippen LogP contribution is -2.19. The van der Waals surface area contributed by atoms with Crippen molar-refractivity contribution in [3.63, 3.8) is 0 Å². The maximum absolute atomic E-state index is 13.4. The van der Waals surface area contributed by atoms with Crippen molar-refractivity contribution in [2.75, 3.05) is 12.4 Å². The first-order valence-electron chi connectivity index (χ1n) is 10.4. The number of hydrogen-bond donors (Lipinski definition) is 1. The quantitative estimate of drug-likeness (QED) is 0.334. The normalized spacial score (nSPS) is 14.2. The van der Waals surface area contributed by atoms with Crippen molar-refractivity contribution in [1.29, 1.82) is 0 Å². The second-order valence-corrected chi connectivity index (χ2v) is 9.53. The number of carbonyl (C=O) groups excluding carboxylic acids is 1. The highest BCUT2D eigenvalue weighted by molar-refractivity contribution is 8.00. The fraction of sp³-hybridized carbons (Fsp3) is 0.208. The fourth-order valence-electron chi connectivity index (χ4n) is 3.51. The van der Waals surface area contributed by atoms with E-state index in [-0.39, 0.29) is 5.91 Å². The van der Waals surface area contributed by atoms with Gasteiger partial charge in [0.25, 0.3) is 0 Å². The number of ether oxygens (including phenoxy) is 1. The Morgan fingerprint density at radius 2 is 1.97 bits per heavy atom. The van der Waals surface area contributed by atoms with E-state index in [0.717, 1.165) is 34.3 Å². The van der Waals surface area contributed by atoms with Gasteiger partial charge in [-0.2, -0.15) is 0 Å². The van der Waals surface area contributed by atoms with Crippen LogP contribution in [0.1, 0.15) is 29.7 Å². The van der Waals surface area contributed by atoms with E-state index >= 15 is 0 Å². The second kappa shape index (κ2) is 9.18. The maximum atomic E-state index is 13.4. The number of anilines is 1. The molecule has 1 fully saturated rings. The van der Waals surface area contributed by atoms with E-state index in [1.165, 1.54) is 11.8 Å². The Morgan fingerprint density at radius 3 is 2.69 bits per heavy atom. The Morgan fingerprint density at radius 1 is 1.12 bits per heavy atom. The Labute approximate surface area is 194 Å². The first kappa shape index (κ1) is 20.8. The fourth-order valence-corrected chi connectivity index (χ4v) is 5.32. The molecule has 0 saturated heterocycles. The highest BCUT2D eigenvalue weighted by Gasteiger charge is 2.33. The van der Waals surface area contributed by atoms with E-state index in [9.17, 15) is 4.79 Å². The predicted octanol–water partition coefficient (Wildman–Crippen LogP) is 5.82. The molecule has 1 saturated carbocycles. The van der Waals surface area contributed by atoms with Crippen LogP contribution in [-0.2, 0) is 4.79 Å². The van der Waals surface area contributed by atoms with Crippen LogP contribution in [0.5, 0.6) is 5.75 Å². The summed E-state index contributed by atoms with van der Waals surface area (Å²) in [6.45, 7) is 0. The molecule has 0 spiro atoms. The van der Waals surface area contributed by atoms with Crippen LogP contribution in [0.3, 0.4) is 0 Å². The zero-order valence-electron chi connectivity index (χ0n) is 17.5. The minimum absolute atomic E-state index is 0.113. The molecule has 2 heterocycles. The molecule has 1 aliphatic rings. The summed E-state index contributed by atoms with van der Waals surface area (Å²) in [5, 5.41) is 14.4. The van der Waals surface area contributed by atoms with Gasteiger partial charge < -0.3 is 10.1 Å². The maximum Gasteiger partial charge on any atom is 0.242 e. The molecular weight excluding hydrogens is 440 g/mol. The summed E-state index contributed by atoms with van der Waals surface area (Å²) in [5.74, 6) is 1.46. The summed E-state index contributed by atoms with van der Waals surface area (Å²) in [6, 6.07) is 21.6. The standard InChI is InChI=1S/C24H22N4O2S2/c1-30-19-10-5-9-17(15-19)25-23(29)21(16-7-3-2-4-8-16)32-24-27-26-22(20-11-6-14-31-20)28(24)18-12-13-18/h2-11,14-15,18,21H,12-13H2,1H3,(H,25,29)/t21-/m1/s1. The lowest BCUT2D eigenvalue weighted by Gasteiger charge is -2.17. The lowest BCUT2D eigenvalue weighted by atomic mass is 10.1. The Hall–Kier alpha value is -3.10. The number of hydrogen-bond acceptors (Lipinski definition) is 6. The molecule has 1 atom stereocenters. The van der Waals surface area contributed by atoms with E-state index in [2.05, 4.69) is 26.1 Å². The second-order valence-electron chi connectivity index (χ2n) is 7.51. The zero-order chi connectivity index (χ0) is 21.9. The van der Waals surface area contributed by atoms with Gasteiger partial charge in [-0.05, 0) is 42.0 Å². The summed E-state index contributed by atoms with van der Waals surface area (Å²) < 4.78 is 7.49.